The number of ether oxygens (including phenoxy) is 2. The number of carbonyl (C=O) groups is 1. The summed E-state index contributed by atoms with van der Waals surface area (Å²) in [5.74, 6) is 1.62. The van der Waals surface area contributed by atoms with Crippen LogP contribution in [0.3, 0.4) is 0 Å². The highest BCUT2D eigenvalue weighted by Crippen LogP contribution is 2.51. The molecular weight excluding hydrogens is 352 g/mol. The van der Waals surface area contributed by atoms with E-state index >= 15 is 0 Å². The van der Waals surface area contributed by atoms with E-state index in [0.717, 1.165) is 42.0 Å². The molecule has 5 heteroatoms. The molecule has 144 valence electrons. The Hall–Kier alpha value is -2.95. The molecule has 1 fully saturated rings. The number of para-hydroxylation sites is 1. The molecule has 1 atom stereocenters. The standard InChI is InChI=1S/C23H24N2O3/c1-15(17-7-8-21-22(11-17)28-14-27-21)25(16(2)26)13-23(9-10-23)19-12-24-20-6-4-3-5-18(19)20/h3-8,11-12,15,24H,9-10,13-14H2,1-2H3. The van der Waals surface area contributed by atoms with Gasteiger partial charge in [0.15, 0.2) is 11.5 Å². The Bertz CT molecular complexity index is 1050. The third kappa shape index (κ3) is 2.73. The number of hydrogen-bond donors (Lipinski definition) is 1. The van der Waals surface area contributed by atoms with Crippen LogP contribution in [0.5, 0.6) is 11.5 Å². The Morgan fingerprint density at radius 1 is 1.18 bits per heavy atom. The Labute approximate surface area is 164 Å². The molecule has 28 heavy (non-hydrogen) atoms. The van der Waals surface area contributed by atoms with E-state index in [1.807, 2.05) is 29.2 Å². The molecule has 3 aromatic rings. The van der Waals surface area contributed by atoms with Gasteiger partial charge in [-0.05, 0) is 49.1 Å². The first kappa shape index (κ1) is 17.2. The summed E-state index contributed by atoms with van der Waals surface area (Å²) < 4.78 is 10.9. The summed E-state index contributed by atoms with van der Waals surface area (Å²) >= 11 is 0. The van der Waals surface area contributed by atoms with Gasteiger partial charge in [-0.1, -0.05) is 24.3 Å². The van der Waals surface area contributed by atoms with E-state index in [0.29, 0.717) is 0 Å². The van der Waals surface area contributed by atoms with Crippen molar-refractivity contribution in [2.75, 3.05) is 13.3 Å². The molecule has 1 unspecified atom stereocenters. The van der Waals surface area contributed by atoms with Crippen molar-refractivity contribution >= 4 is 16.8 Å². The smallest absolute Gasteiger partial charge is 0.231 e. The minimum absolute atomic E-state index is 0.0327. The number of hydrogen-bond acceptors (Lipinski definition) is 3. The highest BCUT2D eigenvalue weighted by atomic mass is 16.7. The van der Waals surface area contributed by atoms with Crippen molar-refractivity contribution in [1.82, 2.24) is 9.88 Å². The number of rotatable bonds is 5. The zero-order valence-electron chi connectivity index (χ0n) is 16.2. The van der Waals surface area contributed by atoms with Crippen molar-refractivity contribution in [3.8, 4) is 11.5 Å². The highest BCUT2D eigenvalue weighted by molar-refractivity contribution is 5.85. The summed E-state index contributed by atoms with van der Waals surface area (Å²) in [5, 5.41) is 1.26. The van der Waals surface area contributed by atoms with Gasteiger partial charge in [-0.15, -0.1) is 0 Å². The van der Waals surface area contributed by atoms with E-state index in [-0.39, 0.29) is 24.2 Å². The quantitative estimate of drug-likeness (QED) is 0.711. The van der Waals surface area contributed by atoms with Crippen molar-refractivity contribution in [3.63, 3.8) is 0 Å². The van der Waals surface area contributed by atoms with Crippen LogP contribution in [0.2, 0.25) is 0 Å². The van der Waals surface area contributed by atoms with Gasteiger partial charge in [-0.2, -0.15) is 0 Å². The summed E-state index contributed by atoms with van der Waals surface area (Å²) in [7, 11) is 0. The van der Waals surface area contributed by atoms with Crippen LogP contribution >= 0.6 is 0 Å². The van der Waals surface area contributed by atoms with Crippen LogP contribution in [0, 0.1) is 0 Å². The average Bonchev–Trinajstić information content (AvgIpc) is 3.14. The average molecular weight is 376 g/mol. The lowest BCUT2D eigenvalue weighted by Crippen LogP contribution is -2.38. The molecule has 5 rings (SSSR count). The Morgan fingerprint density at radius 3 is 2.75 bits per heavy atom. The maximum Gasteiger partial charge on any atom is 0.231 e. The normalized spacial score (nSPS) is 17.5. The predicted molar refractivity (Wildman–Crippen MR) is 108 cm³/mol. The molecule has 2 heterocycles. The van der Waals surface area contributed by atoms with Gasteiger partial charge in [0.05, 0.1) is 6.04 Å². The topological polar surface area (TPSA) is 54.6 Å². The molecule has 1 saturated carbocycles. The molecule has 2 aliphatic rings. The Morgan fingerprint density at radius 2 is 1.96 bits per heavy atom. The van der Waals surface area contributed by atoms with Crippen LogP contribution < -0.4 is 9.47 Å². The van der Waals surface area contributed by atoms with E-state index < -0.39 is 0 Å². The second-order valence-electron chi connectivity index (χ2n) is 7.96. The number of nitrogens with one attached hydrogen (secondary N) is 1. The third-order valence-corrected chi connectivity index (χ3v) is 6.24. The molecule has 5 nitrogen and oxygen atoms in total. The van der Waals surface area contributed by atoms with Gasteiger partial charge in [0.25, 0.3) is 0 Å². The van der Waals surface area contributed by atoms with Crippen molar-refractivity contribution < 1.29 is 14.3 Å². The Balaban J connectivity index is 1.45. The molecule has 1 aromatic heterocycles. The summed E-state index contributed by atoms with van der Waals surface area (Å²) in [6, 6.07) is 14.3. The molecule has 0 saturated heterocycles. The van der Waals surface area contributed by atoms with Gasteiger partial charge < -0.3 is 19.4 Å². The first-order valence-electron chi connectivity index (χ1n) is 9.81. The zero-order chi connectivity index (χ0) is 19.3. The summed E-state index contributed by atoms with van der Waals surface area (Å²) in [6.45, 7) is 4.73. The van der Waals surface area contributed by atoms with Crippen molar-refractivity contribution in [3.05, 3.63) is 59.8 Å². The maximum atomic E-state index is 12.6. The number of benzene rings is 2. The third-order valence-electron chi connectivity index (χ3n) is 6.24. The Kier molecular flexibility index (Phi) is 3.86. The SMILES string of the molecule is CC(=O)N(CC1(c2c[nH]c3ccccc23)CC1)C(C)c1ccc2c(c1)OCO2. The lowest BCUT2D eigenvalue weighted by atomic mass is 9.93. The summed E-state index contributed by atoms with van der Waals surface area (Å²) in [5.41, 5.74) is 3.58. The maximum absolute atomic E-state index is 12.6. The van der Waals surface area contributed by atoms with E-state index in [9.17, 15) is 4.79 Å². The number of aromatic nitrogens is 1. The molecule has 0 bridgehead atoms. The van der Waals surface area contributed by atoms with Gasteiger partial charge in [0.1, 0.15) is 0 Å². The largest absolute Gasteiger partial charge is 0.454 e. The molecule has 1 N–H and O–H groups in total. The minimum Gasteiger partial charge on any atom is -0.454 e. The summed E-state index contributed by atoms with van der Waals surface area (Å²) in [4.78, 5) is 18.0. The fourth-order valence-electron chi connectivity index (χ4n) is 4.37. The van der Waals surface area contributed by atoms with Crippen LogP contribution in [-0.2, 0) is 10.2 Å². The number of fused-ring (bicyclic) bond motifs is 2. The first-order valence-corrected chi connectivity index (χ1v) is 9.81. The lowest BCUT2D eigenvalue weighted by molar-refractivity contribution is -0.131. The monoisotopic (exact) mass is 376 g/mol. The van der Waals surface area contributed by atoms with E-state index in [2.05, 4.69) is 36.3 Å². The number of carbonyl (C=O) groups excluding carboxylic acids is 1. The number of amides is 1. The summed E-state index contributed by atoms with van der Waals surface area (Å²) in [6.07, 6.45) is 4.33. The van der Waals surface area contributed by atoms with Crippen LogP contribution in [0.15, 0.2) is 48.7 Å². The van der Waals surface area contributed by atoms with E-state index in [1.54, 1.807) is 6.92 Å². The molecule has 1 aliphatic carbocycles. The highest BCUT2D eigenvalue weighted by Gasteiger charge is 2.48. The van der Waals surface area contributed by atoms with Gasteiger partial charge in [0.2, 0.25) is 12.7 Å². The van der Waals surface area contributed by atoms with Crippen LogP contribution in [-0.4, -0.2) is 29.1 Å². The van der Waals surface area contributed by atoms with E-state index in [1.165, 1.54) is 10.9 Å². The van der Waals surface area contributed by atoms with Gasteiger partial charge in [-0.3, -0.25) is 4.79 Å². The van der Waals surface area contributed by atoms with Crippen LogP contribution in [0.1, 0.15) is 43.9 Å². The van der Waals surface area contributed by atoms with Gasteiger partial charge in [-0.25, -0.2) is 0 Å². The molecule has 2 aromatic carbocycles. The molecule has 0 radical (unpaired) electrons. The fourth-order valence-corrected chi connectivity index (χ4v) is 4.37. The molecule has 0 spiro atoms. The number of nitrogens with zero attached hydrogens (tertiary/aromatic N) is 1. The van der Waals surface area contributed by atoms with E-state index in [4.69, 9.17) is 9.47 Å². The number of aromatic amines is 1. The zero-order valence-corrected chi connectivity index (χ0v) is 16.2. The number of H-pyrrole nitrogens is 1. The molecular formula is C23H24N2O3. The fraction of sp³-hybridized carbons (Fsp3) is 0.348. The van der Waals surface area contributed by atoms with Crippen molar-refractivity contribution in [2.45, 2.75) is 38.1 Å². The predicted octanol–water partition coefficient (Wildman–Crippen LogP) is 4.54. The molecule has 1 amide bonds. The lowest BCUT2D eigenvalue weighted by Gasteiger charge is -2.32. The van der Waals surface area contributed by atoms with Crippen LogP contribution in [0.25, 0.3) is 10.9 Å². The van der Waals surface area contributed by atoms with Crippen molar-refractivity contribution in [1.29, 1.82) is 0 Å². The van der Waals surface area contributed by atoms with Gasteiger partial charge in [0, 0.05) is 36.0 Å². The first-order chi connectivity index (χ1) is 13.6. The second kappa shape index (κ2) is 6.30. The van der Waals surface area contributed by atoms with Crippen molar-refractivity contribution in [2.24, 2.45) is 0 Å². The molecule has 1 aliphatic heterocycles. The minimum atomic E-state index is -0.0327. The van der Waals surface area contributed by atoms with Crippen LogP contribution in [0.4, 0.5) is 0 Å². The van der Waals surface area contributed by atoms with Gasteiger partial charge >= 0.3 is 0 Å². The second-order valence-corrected chi connectivity index (χ2v) is 7.96.